The molecule has 0 heterocycles. The number of rotatable bonds is 8. The van der Waals surface area contributed by atoms with Crippen LogP contribution in [-0.4, -0.2) is 33.7 Å². The zero-order valence-electron chi connectivity index (χ0n) is 14.2. The van der Waals surface area contributed by atoms with E-state index in [9.17, 15) is 13.8 Å². The fraction of sp³-hybridized carbons (Fsp3) is 0.278. The van der Waals surface area contributed by atoms with E-state index in [2.05, 4.69) is 0 Å². The Morgan fingerprint density at radius 2 is 1.77 bits per heavy atom. The number of hydrogen-bond acceptors (Lipinski definition) is 3. The van der Waals surface area contributed by atoms with Crippen LogP contribution in [0.3, 0.4) is 0 Å². The highest BCUT2D eigenvalue weighted by Crippen LogP contribution is 2.38. The highest BCUT2D eigenvalue weighted by atomic mass is 31.2. The molecule has 4 N–H and O–H groups in total. The Morgan fingerprint density at radius 3 is 2.35 bits per heavy atom. The highest BCUT2D eigenvalue weighted by Gasteiger charge is 2.17. The van der Waals surface area contributed by atoms with Gasteiger partial charge in [-0.25, -0.2) is 4.39 Å². The summed E-state index contributed by atoms with van der Waals surface area (Å²) in [6, 6.07) is 12.2. The molecular formula is C18H22FN2O4P. The molecule has 0 aromatic heterocycles. The molecular weight excluding hydrogens is 358 g/mol. The van der Waals surface area contributed by atoms with E-state index >= 15 is 0 Å². The second-order valence-electron chi connectivity index (χ2n) is 6.02. The SMILES string of the molecule is NCCCN(Cc1ccc(CP(=O)(O)O)cc1)C(=O)c1cccc(F)c1. The lowest BCUT2D eigenvalue weighted by Crippen LogP contribution is -2.32. The minimum atomic E-state index is -4.12. The topological polar surface area (TPSA) is 104 Å². The molecule has 0 bridgehead atoms. The number of carbonyl (C=O) groups excluding carboxylic acids is 1. The van der Waals surface area contributed by atoms with E-state index in [-0.39, 0.29) is 17.6 Å². The zero-order valence-corrected chi connectivity index (χ0v) is 15.1. The molecule has 8 heteroatoms. The standard InChI is InChI=1S/C18H22FN2O4P/c19-17-4-1-3-16(11-17)18(22)21(10-2-9-20)12-14-5-7-15(8-6-14)13-26(23,24)25/h1,3-8,11H,2,9-10,12-13,20H2,(H2,23,24,25). The van der Waals surface area contributed by atoms with Gasteiger partial charge in [0.25, 0.3) is 5.91 Å². The number of hydrogen-bond donors (Lipinski definition) is 3. The summed E-state index contributed by atoms with van der Waals surface area (Å²) in [6.07, 6.45) is 0.281. The predicted octanol–water partition coefficient (Wildman–Crippen LogP) is 2.49. The van der Waals surface area contributed by atoms with Gasteiger partial charge in [-0.05, 0) is 42.3 Å². The van der Waals surface area contributed by atoms with Gasteiger partial charge in [0, 0.05) is 18.7 Å². The molecule has 0 aliphatic carbocycles. The monoisotopic (exact) mass is 380 g/mol. The van der Waals surface area contributed by atoms with Gasteiger partial charge < -0.3 is 20.4 Å². The van der Waals surface area contributed by atoms with Crippen LogP contribution in [0.4, 0.5) is 4.39 Å². The minimum Gasteiger partial charge on any atom is -0.334 e. The Hall–Kier alpha value is -2.05. The number of nitrogens with two attached hydrogens (primary N) is 1. The largest absolute Gasteiger partial charge is 0.334 e. The van der Waals surface area contributed by atoms with Crippen LogP contribution in [0, 0.1) is 5.82 Å². The van der Waals surface area contributed by atoms with Crippen LogP contribution in [0.15, 0.2) is 48.5 Å². The fourth-order valence-corrected chi connectivity index (χ4v) is 3.23. The molecule has 0 saturated heterocycles. The third-order valence-corrected chi connectivity index (χ3v) is 4.55. The molecule has 0 saturated carbocycles. The van der Waals surface area contributed by atoms with Crippen molar-refractivity contribution >= 4 is 13.5 Å². The van der Waals surface area contributed by atoms with Crippen molar-refractivity contribution in [3.05, 3.63) is 71.0 Å². The quantitative estimate of drug-likeness (QED) is 0.611. The van der Waals surface area contributed by atoms with Crippen molar-refractivity contribution in [2.45, 2.75) is 19.1 Å². The molecule has 0 radical (unpaired) electrons. The molecule has 0 atom stereocenters. The van der Waals surface area contributed by atoms with Gasteiger partial charge in [0.05, 0.1) is 6.16 Å². The van der Waals surface area contributed by atoms with Gasteiger partial charge in [-0.2, -0.15) is 0 Å². The summed E-state index contributed by atoms with van der Waals surface area (Å²) < 4.78 is 24.4. The van der Waals surface area contributed by atoms with Crippen molar-refractivity contribution < 1.29 is 23.5 Å². The number of halogens is 1. The van der Waals surface area contributed by atoms with Gasteiger partial charge in [0.1, 0.15) is 5.82 Å². The van der Waals surface area contributed by atoms with Crippen LogP contribution in [0.1, 0.15) is 27.9 Å². The summed E-state index contributed by atoms with van der Waals surface area (Å²) in [5.41, 5.74) is 7.13. The van der Waals surface area contributed by atoms with E-state index in [1.54, 1.807) is 35.2 Å². The summed E-state index contributed by atoms with van der Waals surface area (Å²) in [5.74, 6) is -0.770. The molecule has 0 aliphatic rings. The van der Waals surface area contributed by atoms with Crippen molar-refractivity contribution in [2.24, 2.45) is 5.73 Å². The maximum Gasteiger partial charge on any atom is 0.329 e. The molecule has 26 heavy (non-hydrogen) atoms. The summed E-state index contributed by atoms with van der Waals surface area (Å²) >= 11 is 0. The molecule has 0 fully saturated rings. The lowest BCUT2D eigenvalue weighted by atomic mass is 10.1. The van der Waals surface area contributed by atoms with Crippen LogP contribution in [0.25, 0.3) is 0 Å². The average Bonchev–Trinajstić information content (AvgIpc) is 2.58. The smallest absolute Gasteiger partial charge is 0.329 e. The average molecular weight is 380 g/mol. The van der Waals surface area contributed by atoms with E-state index in [1.807, 2.05) is 0 Å². The minimum absolute atomic E-state index is 0.264. The van der Waals surface area contributed by atoms with Gasteiger partial charge in [0.2, 0.25) is 0 Å². The molecule has 140 valence electrons. The molecule has 1 amide bonds. The maximum atomic E-state index is 13.4. The number of benzene rings is 2. The van der Waals surface area contributed by atoms with Gasteiger partial charge in [0.15, 0.2) is 0 Å². The van der Waals surface area contributed by atoms with E-state index in [0.717, 1.165) is 5.56 Å². The summed E-state index contributed by atoms with van der Waals surface area (Å²) in [7, 11) is -4.12. The number of nitrogens with zero attached hydrogens (tertiary/aromatic N) is 1. The van der Waals surface area contributed by atoms with Crippen LogP contribution in [0.2, 0.25) is 0 Å². The number of carbonyl (C=O) groups is 1. The first-order valence-electron chi connectivity index (χ1n) is 8.16. The van der Waals surface area contributed by atoms with E-state index in [1.165, 1.54) is 18.2 Å². The molecule has 0 unspecified atom stereocenters. The Balaban J connectivity index is 2.14. The third-order valence-electron chi connectivity index (χ3n) is 3.78. The van der Waals surface area contributed by atoms with Crippen LogP contribution >= 0.6 is 7.60 Å². The third kappa shape index (κ3) is 6.35. The van der Waals surface area contributed by atoms with Crippen molar-refractivity contribution in [3.8, 4) is 0 Å². The maximum absolute atomic E-state index is 13.4. The molecule has 2 rings (SSSR count). The Labute approximate surface area is 151 Å². The lowest BCUT2D eigenvalue weighted by Gasteiger charge is -2.23. The first-order valence-corrected chi connectivity index (χ1v) is 9.95. The normalized spacial score (nSPS) is 11.4. The molecule has 2 aromatic carbocycles. The van der Waals surface area contributed by atoms with Crippen molar-refractivity contribution in [2.75, 3.05) is 13.1 Å². The molecule has 0 spiro atoms. The first kappa shape index (κ1) is 20.3. The predicted molar refractivity (Wildman–Crippen MR) is 97.0 cm³/mol. The second kappa shape index (κ2) is 9.05. The Bertz CT molecular complexity index is 792. The van der Waals surface area contributed by atoms with Gasteiger partial charge >= 0.3 is 7.60 Å². The van der Waals surface area contributed by atoms with E-state index < -0.39 is 13.4 Å². The van der Waals surface area contributed by atoms with Gasteiger partial charge in [-0.3, -0.25) is 9.36 Å². The molecule has 0 aliphatic heterocycles. The van der Waals surface area contributed by atoms with E-state index in [0.29, 0.717) is 31.6 Å². The van der Waals surface area contributed by atoms with Crippen molar-refractivity contribution in [1.82, 2.24) is 4.90 Å². The molecule has 2 aromatic rings. The first-order chi connectivity index (χ1) is 12.3. The summed E-state index contributed by atoms with van der Waals surface area (Å²) in [6.45, 7) is 1.15. The Kier molecular flexibility index (Phi) is 7.06. The highest BCUT2D eigenvalue weighted by molar-refractivity contribution is 7.50. The van der Waals surface area contributed by atoms with Crippen LogP contribution < -0.4 is 5.73 Å². The fourth-order valence-electron chi connectivity index (χ4n) is 2.55. The summed E-state index contributed by atoms with van der Waals surface area (Å²) in [4.78, 5) is 32.3. The van der Waals surface area contributed by atoms with Crippen molar-refractivity contribution in [3.63, 3.8) is 0 Å². The number of amides is 1. The van der Waals surface area contributed by atoms with Gasteiger partial charge in [-0.15, -0.1) is 0 Å². The Morgan fingerprint density at radius 1 is 1.12 bits per heavy atom. The second-order valence-corrected chi connectivity index (χ2v) is 7.66. The van der Waals surface area contributed by atoms with Crippen molar-refractivity contribution in [1.29, 1.82) is 0 Å². The molecule has 6 nitrogen and oxygen atoms in total. The lowest BCUT2D eigenvalue weighted by molar-refractivity contribution is 0.0741. The van der Waals surface area contributed by atoms with Gasteiger partial charge in [-0.1, -0.05) is 30.3 Å². The van der Waals surface area contributed by atoms with E-state index in [4.69, 9.17) is 15.5 Å². The zero-order chi connectivity index (χ0) is 19.2. The van der Waals surface area contributed by atoms with Crippen LogP contribution in [0.5, 0.6) is 0 Å². The summed E-state index contributed by atoms with van der Waals surface area (Å²) in [5, 5.41) is 0. The van der Waals surface area contributed by atoms with Crippen LogP contribution in [-0.2, 0) is 17.3 Å².